The Balaban J connectivity index is 0.00000161. The van der Waals surface area contributed by atoms with Gasteiger partial charge >= 0.3 is 0 Å². The highest BCUT2D eigenvalue weighted by molar-refractivity contribution is 5.91. The summed E-state index contributed by atoms with van der Waals surface area (Å²) >= 11 is 0. The van der Waals surface area contributed by atoms with Crippen LogP contribution in [0, 0.1) is 5.82 Å². The molecule has 3 rings (SSSR count). The van der Waals surface area contributed by atoms with E-state index >= 15 is 0 Å². The third-order valence-electron chi connectivity index (χ3n) is 4.06. The zero-order chi connectivity index (χ0) is 14.1. The van der Waals surface area contributed by atoms with E-state index in [1.807, 2.05) is 0 Å². The number of benzene rings is 1. The van der Waals surface area contributed by atoms with Crippen LogP contribution in [-0.4, -0.2) is 33.1 Å². The highest BCUT2D eigenvalue weighted by atomic mass is 35.5. The molecule has 0 amide bonds. The van der Waals surface area contributed by atoms with Crippen LogP contribution in [0.5, 0.6) is 11.5 Å². The second-order valence-electron chi connectivity index (χ2n) is 5.12. The average Bonchev–Trinajstić information content (AvgIpc) is 3.00. The van der Waals surface area contributed by atoms with Gasteiger partial charge in [0.05, 0.1) is 20.8 Å². The van der Waals surface area contributed by atoms with Gasteiger partial charge in [0.25, 0.3) is 0 Å². The topological polar surface area (TPSA) is 42.9 Å². The number of hydrogen-bond acceptors (Lipinski definition) is 4. The van der Waals surface area contributed by atoms with Gasteiger partial charge in [0.15, 0.2) is 11.5 Å². The lowest BCUT2D eigenvalue weighted by Crippen LogP contribution is -2.29. The van der Waals surface area contributed by atoms with Crippen molar-refractivity contribution >= 4 is 18.2 Å². The third-order valence-corrected chi connectivity index (χ3v) is 4.06. The number of amidine groups is 1. The SMILES string of the molecule is COc1cc(F)c2c(c1OC)CCCC2C1=NCCN1.Cl. The van der Waals surface area contributed by atoms with Crippen LogP contribution in [0.3, 0.4) is 0 Å². The van der Waals surface area contributed by atoms with Gasteiger partial charge in [-0.1, -0.05) is 0 Å². The molecule has 1 atom stereocenters. The highest BCUT2D eigenvalue weighted by Crippen LogP contribution is 2.43. The Morgan fingerprint density at radius 3 is 2.76 bits per heavy atom. The van der Waals surface area contributed by atoms with Gasteiger partial charge in [-0.3, -0.25) is 4.99 Å². The molecule has 2 aliphatic rings. The van der Waals surface area contributed by atoms with Crippen molar-refractivity contribution in [2.75, 3.05) is 27.3 Å². The van der Waals surface area contributed by atoms with Crippen molar-refractivity contribution in [1.29, 1.82) is 0 Å². The molecule has 0 radical (unpaired) electrons. The van der Waals surface area contributed by atoms with E-state index in [2.05, 4.69) is 10.3 Å². The molecular formula is C15H20ClFN2O2. The Bertz CT molecular complexity index is 563. The number of rotatable bonds is 3. The maximum absolute atomic E-state index is 14.5. The first-order valence-corrected chi connectivity index (χ1v) is 6.97. The van der Waals surface area contributed by atoms with Gasteiger partial charge in [-0.15, -0.1) is 12.4 Å². The highest BCUT2D eigenvalue weighted by Gasteiger charge is 2.32. The zero-order valence-electron chi connectivity index (χ0n) is 12.2. The van der Waals surface area contributed by atoms with E-state index in [4.69, 9.17) is 9.47 Å². The van der Waals surface area contributed by atoms with E-state index in [0.717, 1.165) is 49.3 Å². The largest absolute Gasteiger partial charge is 0.493 e. The monoisotopic (exact) mass is 314 g/mol. The average molecular weight is 315 g/mol. The molecule has 1 aliphatic carbocycles. The van der Waals surface area contributed by atoms with Crippen LogP contribution in [0.4, 0.5) is 4.39 Å². The number of halogens is 2. The summed E-state index contributed by atoms with van der Waals surface area (Å²) in [7, 11) is 3.14. The van der Waals surface area contributed by atoms with Crippen LogP contribution >= 0.6 is 12.4 Å². The maximum atomic E-state index is 14.5. The first-order chi connectivity index (χ1) is 9.76. The van der Waals surface area contributed by atoms with Crippen LogP contribution in [0.25, 0.3) is 0 Å². The molecule has 0 saturated heterocycles. The number of nitrogens with zero attached hydrogens (tertiary/aromatic N) is 1. The number of hydrogen-bond donors (Lipinski definition) is 1. The Morgan fingerprint density at radius 1 is 1.33 bits per heavy atom. The number of aliphatic imine (C=N–C) groups is 1. The molecule has 1 aliphatic heterocycles. The van der Waals surface area contributed by atoms with Crippen molar-refractivity contribution < 1.29 is 13.9 Å². The predicted molar refractivity (Wildman–Crippen MR) is 82.7 cm³/mol. The quantitative estimate of drug-likeness (QED) is 0.933. The van der Waals surface area contributed by atoms with Crippen molar-refractivity contribution in [2.45, 2.75) is 25.2 Å². The summed E-state index contributed by atoms with van der Waals surface area (Å²) in [6.45, 7) is 1.62. The van der Waals surface area contributed by atoms with E-state index in [-0.39, 0.29) is 24.1 Å². The molecule has 0 saturated carbocycles. The molecule has 1 unspecified atom stereocenters. The Morgan fingerprint density at radius 2 is 2.14 bits per heavy atom. The molecule has 0 bridgehead atoms. The van der Waals surface area contributed by atoms with Crippen LogP contribution < -0.4 is 14.8 Å². The molecule has 21 heavy (non-hydrogen) atoms. The number of nitrogens with one attached hydrogen (secondary N) is 1. The fraction of sp³-hybridized carbons (Fsp3) is 0.533. The Labute approximate surface area is 130 Å². The van der Waals surface area contributed by atoms with E-state index in [1.54, 1.807) is 7.11 Å². The number of methoxy groups -OCH3 is 2. The summed E-state index contributed by atoms with van der Waals surface area (Å²) in [5.41, 5.74) is 1.65. The fourth-order valence-electron chi connectivity index (χ4n) is 3.22. The lowest BCUT2D eigenvalue weighted by atomic mass is 9.81. The molecule has 116 valence electrons. The molecule has 0 aromatic heterocycles. The van der Waals surface area contributed by atoms with Crippen LogP contribution in [0.2, 0.25) is 0 Å². The summed E-state index contributed by atoms with van der Waals surface area (Å²) < 4.78 is 25.2. The van der Waals surface area contributed by atoms with Gasteiger partial charge < -0.3 is 14.8 Å². The number of fused-ring (bicyclic) bond motifs is 1. The molecule has 6 heteroatoms. The molecule has 1 N–H and O–H groups in total. The van der Waals surface area contributed by atoms with Crippen molar-refractivity contribution in [3.05, 3.63) is 23.0 Å². The summed E-state index contributed by atoms with van der Waals surface area (Å²) in [6.07, 6.45) is 2.74. The summed E-state index contributed by atoms with van der Waals surface area (Å²) in [5, 5.41) is 3.27. The standard InChI is InChI=1S/C15H19FN2O2.ClH/c1-19-12-8-11(16)13-9(14(12)20-2)4-3-5-10(13)15-17-6-7-18-15;/h8,10H,3-7H2,1-2H3,(H,17,18);1H. The molecule has 1 aromatic rings. The maximum Gasteiger partial charge on any atom is 0.164 e. The molecule has 4 nitrogen and oxygen atoms in total. The molecular weight excluding hydrogens is 295 g/mol. The van der Waals surface area contributed by atoms with Gasteiger partial charge in [-0.2, -0.15) is 0 Å². The van der Waals surface area contributed by atoms with Gasteiger partial charge in [0, 0.05) is 29.7 Å². The lowest BCUT2D eigenvalue weighted by Gasteiger charge is -2.28. The van der Waals surface area contributed by atoms with E-state index in [9.17, 15) is 4.39 Å². The van der Waals surface area contributed by atoms with Gasteiger partial charge in [-0.05, 0) is 19.3 Å². The smallest absolute Gasteiger partial charge is 0.164 e. The van der Waals surface area contributed by atoms with Crippen LogP contribution in [0.1, 0.15) is 29.9 Å². The lowest BCUT2D eigenvalue weighted by molar-refractivity contribution is 0.345. The first kappa shape index (κ1) is 15.9. The summed E-state index contributed by atoms with van der Waals surface area (Å²) in [4.78, 5) is 4.46. The molecule has 0 spiro atoms. The fourth-order valence-corrected chi connectivity index (χ4v) is 3.22. The minimum absolute atomic E-state index is 0. The summed E-state index contributed by atoms with van der Waals surface area (Å²) in [6, 6.07) is 1.42. The minimum Gasteiger partial charge on any atom is -0.493 e. The van der Waals surface area contributed by atoms with Crippen molar-refractivity contribution in [3.63, 3.8) is 0 Å². The van der Waals surface area contributed by atoms with Gasteiger partial charge in [0.1, 0.15) is 11.7 Å². The first-order valence-electron chi connectivity index (χ1n) is 6.97. The van der Waals surface area contributed by atoms with Crippen LogP contribution in [-0.2, 0) is 6.42 Å². The Kier molecular flexibility index (Phi) is 4.93. The van der Waals surface area contributed by atoms with Gasteiger partial charge in [-0.25, -0.2) is 4.39 Å². The van der Waals surface area contributed by atoms with Crippen molar-refractivity contribution in [2.24, 2.45) is 4.99 Å². The predicted octanol–water partition coefficient (Wildman–Crippen LogP) is 2.69. The van der Waals surface area contributed by atoms with Crippen molar-refractivity contribution in [3.8, 4) is 11.5 Å². The zero-order valence-corrected chi connectivity index (χ0v) is 13.1. The van der Waals surface area contributed by atoms with E-state index < -0.39 is 0 Å². The second kappa shape index (κ2) is 6.52. The summed E-state index contributed by atoms with van der Waals surface area (Å²) in [5.74, 6) is 1.83. The Hall–Kier alpha value is -1.49. The third kappa shape index (κ3) is 2.67. The number of ether oxygens (including phenoxy) is 2. The van der Waals surface area contributed by atoms with Crippen LogP contribution in [0.15, 0.2) is 11.1 Å². The molecule has 1 aromatic carbocycles. The van der Waals surface area contributed by atoms with Gasteiger partial charge in [0.2, 0.25) is 0 Å². The second-order valence-corrected chi connectivity index (χ2v) is 5.12. The minimum atomic E-state index is -0.223. The van der Waals surface area contributed by atoms with Crippen molar-refractivity contribution in [1.82, 2.24) is 5.32 Å². The normalized spacial score (nSPS) is 20.0. The molecule has 0 fully saturated rings. The van der Waals surface area contributed by atoms with E-state index in [1.165, 1.54) is 13.2 Å². The molecule has 1 heterocycles. The van der Waals surface area contributed by atoms with E-state index in [0.29, 0.717) is 11.5 Å².